The molecule has 1 unspecified atom stereocenters. The summed E-state index contributed by atoms with van der Waals surface area (Å²) in [7, 11) is 2.25. The fraction of sp³-hybridized carbons (Fsp3) is 0.600. The van der Waals surface area contributed by atoms with E-state index in [9.17, 15) is 0 Å². The summed E-state index contributed by atoms with van der Waals surface area (Å²) in [6.45, 7) is 3.43. The Morgan fingerprint density at radius 3 is 2.89 bits per heavy atom. The first-order valence-corrected chi connectivity index (χ1v) is 6.84. The van der Waals surface area contributed by atoms with Gasteiger partial charge in [0.05, 0.1) is 0 Å². The van der Waals surface area contributed by atoms with Crippen molar-refractivity contribution in [2.75, 3.05) is 20.1 Å². The van der Waals surface area contributed by atoms with Crippen molar-refractivity contribution in [2.24, 2.45) is 0 Å². The summed E-state index contributed by atoms with van der Waals surface area (Å²) in [4.78, 5) is 2.50. The summed E-state index contributed by atoms with van der Waals surface area (Å²) in [5.41, 5.74) is 4.67. The molecule has 0 saturated carbocycles. The second-order valence-electron chi connectivity index (χ2n) is 5.52. The summed E-state index contributed by atoms with van der Waals surface area (Å²) >= 11 is 0. The largest absolute Gasteiger partial charge is 0.315 e. The molecule has 1 fully saturated rings. The maximum Gasteiger partial charge on any atom is 0.0234 e. The SMILES string of the molecule is CN(Cc1ccc2c(c1)CCC2)C1CCNC1.Cl. The van der Waals surface area contributed by atoms with Gasteiger partial charge in [-0.3, -0.25) is 4.90 Å². The maximum absolute atomic E-state index is 3.44. The molecule has 1 aromatic carbocycles. The number of nitrogens with one attached hydrogen (secondary N) is 1. The van der Waals surface area contributed by atoms with Crippen LogP contribution in [0.15, 0.2) is 18.2 Å². The van der Waals surface area contributed by atoms with Crippen molar-refractivity contribution in [1.82, 2.24) is 10.2 Å². The van der Waals surface area contributed by atoms with Crippen LogP contribution in [0.25, 0.3) is 0 Å². The van der Waals surface area contributed by atoms with Crippen LogP contribution >= 0.6 is 12.4 Å². The normalized spacial score (nSPS) is 22.0. The van der Waals surface area contributed by atoms with Gasteiger partial charge >= 0.3 is 0 Å². The number of nitrogens with zero attached hydrogens (tertiary/aromatic N) is 1. The first-order chi connectivity index (χ1) is 8.33. The molecule has 1 atom stereocenters. The van der Waals surface area contributed by atoms with Crippen LogP contribution in [0.2, 0.25) is 0 Å². The van der Waals surface area contributed by atoms with Crippen molar-refractivity contribution in [1.29, 1.82) is 0 Å². The van der Waals surface area contributed by atoms with Crippen molar-refractivity contribution >= 4 is 12.4 Å². The first-order valence-electron chi connectivity index (χ1n) is 6.84. The Morgan fingerprint density at radius 2 is 2.11 bits per heavy atom. The molecule has 1 saturated heterocycles. The molecule has 1 aliphatic carbocycles. The van der Waals surface area contributed by atoms with Crippen molar-refractivity contribution in [3.05, 3.63) is 34.9 Å². The lowest BCUT2D eigenvalue weighted by Gasteiger charge is -2.23. The maximum atomic E-state index is 3.44. The van der Waals surface area contributed by atoms with Gasteiger partial charge in [-0.1, -0.05) is 18.2 Å². The van der Waals surface area contributed by atoms with Gasteiger partial charge in [0.25, 0.3) is 0 Å². The molecule has 0 aromatic heterocycles. The van der Waals surface area contributed by atoms with Crippen LogP contribution in [0.3, 0.4) is 0 Å². The lowest BCUT2D eigenvalue weighted by Crippen LogP contribution is -2.32. The van der Waals surface area contributed by atoms with Gasteiger partial charge in [0.15, 0.2) is 0 Å². The fourth-order valence-electron chi connectivity index (χ4n) is 3.16. The van der Waals surface area contributed by atoms with E-state index in [0.717, 1.165) is 19.1 Å². The lowest BCUT2D eigenvalue weighted by atomic mass is 10.1. The highest BCUT2D eigenvalue weighted by molar-refractivity contribution is 5.85. The number of hydrogen-bond donors (Lipinski definition) is 1. The Morgan fingerprint density at radius 1 is 1.28 bits per heavy atom. The van der Waals surface area contributed by atoms with E-state index in [0.29, 0.717) is 0 Å². The Balaban J connectivity index is 0.00000120. The minimum Gasteiger partial charge on any atom is -0.315 e. The zero-order valence-electron chi connectivity index (χ0n) is 11.1. The number of hydrogen-bond acceptors (Lipinski definition) is 2. The lowest BCUT2D eigenvalue weighted by molar-refractivity contribution is 0.249. The number of likely N-dealkylation sites (N-methyl/N-ethyl adjacent to an activating group) is 1. The number of aryl methyl sites for hydroxylation is 2. The molecule has 1 aromatic rings. The van der Waals surface area contributed by atoms with E-state index < -0.39 is 0 Å². The molecule has 1 aliphatic heterocycles. The highest BCUT2D eigenvalue weighted by atomic mass is 35.5. The zero-order chi connectivity index (χ0) is 11.7. The minimum atomic E-state index is 0. The topological polar surface area (TPSA) is 15.3 Å². The molecule has 3 rings (SSSR count). The smallest absolute Gasteiger partial charge is 0.0234 e. The van der Waals surface area contributed by atoms with E-state index in [2.05, 4.69) is 35.5 Å². The van der Waals surface area contributed by atoms with Crippen LogP contribution in [0, 0.1) is 0 Å². The molecule has 0 spiro atoms. The molecule has 0 amide bonds. The number of fused-ring (bicyclic) bond motifs is 1. The Hall–Kier alpha value is -0.570. The van der Waals surface area contributed by atoms with E-state index in [-0.39, 0.29) is 12.4 Å². The van der Waals surface area contributed by atoms with Crippen LogP contribution in [0.4, 0.5) is 0 Å². The van der Waals surface area contributed by atoms with Gasteiger partial charge < -0.3 is 5.32 Å². The molecule has 0 bridgehead atoms. The van der Waals surface area contributed by atoms with E-state index >= 15 is 0 Å². The molecule has 100 valence electrons. The summed E-state index contributed by atoms with van der Waals surface area (Å²) in [5, 5.41) is 3.44. The van der Waals surface area contributed by atoms with E-state index in [4.69, 9.17) is 0 Å². The van der Waals surface area contributed by atoms with Crippen molar-refractivity contribution in [2.45, 2.75) is 38.3 Å². The van der Waals surface area contributed by atoms with E-state index in [1.165, 1.54) is 37.8 Å². The van der Waals surface area contributed by atoms with Crippen LogP contribution in [-0.2, 0) is 19.4 Å². The summed E-state index contributed by atoms with van der Waals surface area (Å²) in [5.74, 6) is 0. The van der Waals surface area contributed by atoms with Crippen LogP contribution in [0.1, 0.15) is 29.5 Å². The molecular weight excluding hydrogens is 244 g/mol. The molecule has 0 radical (unpaired) electrons. The molecule has 3 heteroatoms. The van der Waals surface area contributed by atoms with Gasteiger partial charge in [0.1, 0.15) is 0 Å². The van der Waals surface area contributed by atoms with Crippen LogP contribution < -0.4 is 5.32 Å². The van der Waals surface area contributed by atoms with Crippen molar-refractivity contribution < 1.29 is 0 Å². The van der Waals surface area contributed by atoms with Gasteiger partial charge in [-0.25, -0.2) is 0 Å². The van der Waals surface area contributed by atoms with E-state index in [1.807, 2.05) is 0 Å². The summed E-state index contributed by atoms with van der Waals surface area (Å²) < 4.78 is 0. The van der Waals surface area contributed by atoms with Gasteiger partial charge in [-0.2, -0.15) is 0 Å². The molecular formula is C15H23ClN2. The van der Waals surface area contributed by atoms with Crippen LogP contribution in [-0.4, -0.2) is 31.1 Å². The predicted octanol–water partition coefficient (Wildman–Crippen LogP) is 2.39. The average Bonchev–Trinajstić information content (AvgIpc) is 2.99. The van der Waals surface area contributed by atoms with Crippen molar-refractivity contribution in [3.8, 4) is 0 Å². The molecule has 1 heterocycles. The average molecular weight is 267 g/mol. The molecule has 18 heavy (non-hydrogen) atoms. The fourth-order valence-corrected chi connectivity index (χ4v) is 3.16. The third kappa shape index (κ3) is 2.87. The number of benzene rings is 1. The molecule has 2 aliphatic rings. The monoisotopic (exact) mass is 266 g/mol. The summed E-state index contributed by atoms with van der Waals surface area (Å²) in [6.07, 6.45) is 5.22. The van der Waals surface area contributed by atoms with Gasteiger partial charge in [-0.05, 0) is 56.0 Å². The highest BCUT2D eigenvalue weighted by Crippen LogP contribution is 2.23. The highest BCUT2D eigenvalue weighted by Gasteiger charge is 2.19. The van der Waals surface area contributed by atoms with Gasteiger partial charge in [0.2, 0.25) is 0 Å². The minimum absolute atomic E-state index is 0. The molecule has 2 nitrogen and oxygen atoms in total. The molecule has 1 N–H and O–H groups in total. The third-order valence-corrected chi connectivity index (χ3v) is 4.25. The second kappa shape index (κ2) is 6.05. The number of halogens is 1. The van der Waals surface area contributed by atoms with Crippen LogP contribution in [0.5, 0.6) is 0 Å². The van der Waals surface area contributed by atoms with Crippen molar-refractivity contribution in [3.63, 3.8) is 0 Å². The Kier molecular flexibility index (Phi) is 4.66. The zero-order valence-corrected chi connectivity index (χ0v) is 11.9. The third-order valence-electron chi connectivity index (χ3n) is 4.25. The Bertz CT molecular complexity index is 399. The standard InChI is InChI=1S/C15H22N2.ClH/c1-17(15-7-8-16-10-15)11-12-5-6-13-3-2-4-14(13)9-12;/h5-6,9,15-16H,2-4,7-8,10-11H2,1H3;1H. The van der Waals surface area contributed by atoms with Gasteiger partial charge in [0, 0.05) is 19.1 Å². The number of rotatable bonds is 3. The summed E-state index contributed by atoms with van der Waals surface area (Å²) in [6, 6.07) is 7.83. The quantitative estimate of drug-likeness (QED) is 0.904. The second-order valence-corrected chi connectivity index (χ2v) is 5.52. The first kappa shape index (κ1) is 13.9. The van der Waals surface area contributed by atoms with E-state index in [1.54, 1.807) is 11.1 Å². The predicted molar refractivity (Wildman–Crippen MR) is 78.5 cm³/mol. The Labute approximate surface area is 116 Å². The van der Waals surface area contributed by atoms with Gasteiger partial charge in [-0.15, -0.1) is 12.4 Å².